The lowest BCUT2D eigenvalue weighted by Crippen LogP contribution is -2.35. The summed E-state index contributed by atoms with van der Waals surface area (Å²) < 4.78 is 11.2. The fourth-order valence-electron chi connectivity index (χ4n) is 2.26. The van der Waals surface area contributed by atoms with E-state index in [1.807, 2.05) is 19.1 Å². The first kappa shape index (κ1) is 19.2. The Morgan fingerprint density at radius 3 is 2.41 bits per heavy atom. The van der Waals surface area contributed by atoms with Gasteiger partial charge in [-0.1, -0.05) is 27.7 Å². The van der Waals surface area contributed by atoms with Crippen LogP contribution < -0.4 is 0 Å². The third-order valence-electron chi connectivity index (χ3n) is 3.43. The fraction of sp³-hybridized carbons (Fsp3) is 0.778. The van der Waals surface area contributed by atoms with E-state index < -0.39 is 6.10 Å². The van der Waals surface area contributed by atoms with Crippen LogP contribution in [0.5, 0.6) is 0 Å². The van der Waals surface area contributed by atoms with Crippen molar-refractivity contribution in [3.63, 3.8) is 0 Å². The lowest BCUT2D eigenvalue weighted by atomic mass is 10.1. The van der Waals surface area contributed by atoms with Crippen LogP contribution in [0.3, 0.4) is 0 Å². The van der Waals surface area contributed by atoms with E-state index in [0.717, 1.165) is 31.0 Å². The zero-order valence-electron chi connectivity index (χ0n) is 14.8. The number of nitrogens with zero attached hydrogens (tertiary/aromatic N) is 1. The number of hydrogen-bond donors (Lipinski definition) is 1. The molecule has 0 aliphatic carbocycles. The monoisotopic (exact) mass is 311 g/mol. The molecule has 0 aliphatic rings. The van der Waals surface area contributed by atoms with E-state index in [4.69, 9.17) is 9.15 Å². The van der Waals surface area contributed by atoms with Crippen molar-refractivity contribution in [1.82, 2.24) is 4.90 Å². The zero-order chi connectivity index (χ0) is 16.5. The number of aliphatic hydroxyl groups is 1. The fourth-order valence-corrected chi connectivity index (χ4v) is 2.26. The standard InChI is InChI=1S/C18H33NO3/c1-14(2)8-9-19(11-18-7-6-16(5)22-18)10-17(20)13-21-12-15(3)4/h6-7,14-15,17,20H,8-13H2,1-5H3/t17-/m0/s1. The first-order chi connectivity index (χ1) is 10.4. The molecule has 1 N–H and O–H groups in total. The molecule has 4 heteroatoms. The Morgan fingerprint density at radius 2 is 1.86 bits per heavy atom. The quantitative estimate of drug-likeness (QED) is 0.680. The minimum absolute atomic E-state index is 0.396. The van der Waals surface area contributed by atoms with E-state index in [9.17, 15) is 5.11 Å². The zero-order valence-corrected chi connectivity index (χ0v) is 14.8. The van der Waals surface area contributed by atoms with Crippen LogP contribution in [0.1, 0.15) is 45.6 Å². The molecule has 1 heterocycles. The highest BCUT2D eigenvalue weighted by Crippen LogP contribution is 2.12. The van der Waals surface area contributed by atoms with Crippen LogP contribution in [0, 0.1) is 18.8 Å². The second kappa shape index (κ2) is 10.0. The highest BCUT2D eigenvalue weighted by molar-refractivity contribution is 5.05. The van der Waals surface area contributed by atoms with Crippen molar-refractivity contribution < 1.29 is 14.3 Å². The predicted octanol–water partition coefficient (Wildman–Crippen LogP) is 3.47. The molecule has 0 unspecified atom stereocenters. The lowest BCUT2D eigenvalue weighted by molar-refractivity contribution is 0.00535. The molecule has 0 fully saturated rings. The summed E-state index contributed by atoms with van der Waals surface area (Å²) in [7, 11) is 0. The Kier molecular flexibility index (Phi) is 8.76. The summed E-state index contributed by atoms with van der Waals surface area (Å²) in [6.07, 6.45) is 0.654. The van der Waals surface area contributed by atoms with Crippen LogP contribution in [0.4, 0.5) is 0 Å². The van der Waals surface area contributed by atoms with Gasteiger partial charge >= 0.3 is 0 Å². The van der Waals surface area contributed by atoms with Crippen LogP contribution in [0.15, 0.2) is 16.5 Å². The summed E-state index contributed by atoms with van der Waals surface area (Å²) in [6.45, 7) is 14.0. The molecule has 0 amide bonds. The minimum Gasteiger partial charge on any atom is -0.465 e. The minimum atomic E-state index is -0.457. The molecular formula is C18H33NO3. The van der Waals surface area contributed by atoms with Crippen LogP contribution in [-0.4, -0.2) is 42.4 Å². The normalized spacial score (nSPS) is 13.5. The van der Waals surface area contributed by atoms with Gasteiger partial charge in [0.05, 0.1) is 19.3 Å². The Labute approximate surface area is 135 Å². The molecule has 1 aromatic heterocycles. The maximum absolute atomic E-state index is 10.2. The molecule has 0 bridgehead atoms. The summed E-state index contributed by atoms with van der Waals surface area (Å²) in [5, 5.41) is 10.2. The van der Waals surface area contributed by atoms with Crippen molar-refractivity contribution in [1.29, 1.82) is 0 Å². The van der Waals surface area contributed by atoms with Crippen molar-refractivity contribution in [3.8, 4) is 0 Å². The van der Waals surface area contributed by atoms with Crippen molar-refractivity contribution >= 4 is 0 Å². The number of ether oxygens (including phenoxy) is 1. The van der Waals surface area contributed by atoms with Crippen molar-refractivity contribution in [3.05, 3.63) is 23.7 Å². The number of aliphatic hydroxyl groups excluding tert-OH is 1. The van der Waals surface area contributed by atoms with Gasteiger partial charge in [-0.3, -0.25) is 4.90 Å². The average Bonchev–Trinajstić information content (AvgIpc) is 2.81. The first-order valence-corrected chi connectivity index (χ1v) is 8.40. The molecule has 0 aliphatic heterocycles. The molecule has 0 radical (unpaired) electrons. The number of rotatable bonds is 11. The summed E-state index contributed by atoms with van der Waals surface area (Å²) in [4.78, 5) is 2.25. The Morgan fingerprint density at radius 1 is 1.14 bits per heavy atom. The summed E-state index contributed by atoms with van der Waals surface area (Å²) in [5.74, 6) is 3.03. The van der Waals surface area contributed by atoms with E-state index in [0.29, 0.717) is 31.6 Å². The number of hydrogen-bond acceptors (Lipinski definition) is 4. The molecule has 0 spiro atoms. The highest BCUT2D eigenvalue weighted by Gasteiger charge is 2.15. The van der Waals surface area contributed by atoms with Gasteiger partial charge in [0.2, 0.25) is 0 Å². The summed E-state index contributed by atoms with van der Waals surface area (Å²) >= 11 is 0. The second-order valence-electron chi connectivity index (χ2n) is 7.02. The molecule has 1 atom stereocenters. The van der Waals surface area contributed by atoms with E-state index in [2.05, 4.69) is 32.6 Å². The largest absolute Gasteiger partial charge is 0.465 e. The van der Waals surface area contributed by atoms with E-state index in [-0.39, 0.29) is 0 Å². The number of aryl methyl sites for hydroxylation is 1. The smallest absolute Gasteiger partial charge is 0.118 e. The van der Waals surface area contributed by atoms with Crippen LogP contribution in [0.2, 0.25) is 0 Å². The molecular weight excluding hydrogens is 278 g/mol. The number of furan rings is 1. The molecule has 4 nitrogen and oxygen atoms in total. The van der Waals surface area contributed by atoms with Crippen LogP contribution in [0.25, 0.3) is 0 Å². The maximum atomic E-state index is 10.2. The maximum Gasteiger partial charge on any atom is 0.118 e. The molecule has 0 saturated heterocycles. The molecule has 22 heavy (non-hydrogen) atoms. The topological polar surface area (TPSA) is 45.8 Å². The van der Waals surface area contributed by atoms with Crippen LogP contribution in [-0.2, 0) is 11.3 Å². The van der Waals surface area contributed by atoms with Crippen molar-refractivity contribution in [2.24, 2.45) is 11.8 Å². The van der Waals surface area contributed by atoms with Gasteiger partial charge in [0.15, 0.2) is 0 Å². The SMILES string of the molecule is Cc1ccc(CN(CCC(C)C)C[C@H](O)COCC(C)C)o1. The van der Waals surface area contributed by atoms with Crippen molar-refractivity contribution in [2.45, 2.75) is 53.7 Å². The van der Waals surface area contributed by atoms with Gasteiger partial charge in [0.25, 0.3) is 0 Å². The molecule has 0 aromatic carbocycles. The van der Waals surface area contributed by atoms with Gasteiger partial charge in [-0.2, -0.15) is 0 Å². The van der Waals surface area contributed by atoms with Gasteiger partial charge in [-0.05, 0) is 43.9 Å². The highest BCUT2D eigenvalue weighted by atomic mass is 16.5. The van der Waals surface area contributed by atoms with E-state index >= 15 is 0 Å². The van der Waals surface area contributed by atoms with E-state index in [1.54, 1.807) is 0 Å². The summed E-state index contributed by atoms with van der Waals surface area (Å²) in [6, 6.07) is 4.00. The third kappa shape index (κ3) is 8.57. The molecule has 128 valence electrons. The Balaban J connectivity index is 2.46. The van der Waals surface area contributed by atoms with Gasteiger partial charge in [-0.15, -0.1) is 0 Å². The van der Waals surface area contributed by atoms with Gasteiger partial charge in [-0.25, -0.2) is 0 Å². The van der Waals surface area contributed by atoms with Crippen LogP contribution >= 0.6 is 0 Å². The van der Waals surface area contributed by atoms with Gasteiger partial charge in [0, 0.05) is 13.2 Å². The van der Waals surface area contributed by atoms with Gasteiger partial charge in [0.1, 0.15) is 11.5 Å². The summed E-state index contributed by atoms with van der Waals surface area (Å²) in [5.41, 5.74) is 0. The Bertz CT molecular complexity index is 401. The second-order valence-corrected chi connectivity index (χ2v) is 7.02. The Hall–Kier alpha value is -0.840. The van der Waals surface area contributed by atoms with E-state index in [1.165, 1.54) is 0 Å². The molecule has 1 rings (SSSR count). The predicted molar refractivity (Wildman–Crippen MR) is 89.8 cm³/mol. The molecule has 1 aromatic rings. The first-order valence-electron chi connectivity index (χ1n) is 8.40. The van der Waals surface area contributed by atoms with Gasteiger partial charge < -0.3 is 14.3 Å². The molecule has 0 saturated carbocycles. The average molecular weight is 311 g/mol. The van der Waals surface area contributed by atoms with Crippen molar-refractivity contribution in [2.75, 3.05) is 26.3 Å². The third-order valence-corrected chi connectivity index (χ3v) is 3.43. The lowest BCUT2D eigenvalue weighted by Gasteiger charge is -2.25.